The molecule has 0 spiro atoms. The predicted molar refractivity (Wildman–Crippen MR) is 186 cm³/mol. The smallest absolute Gasteiger partial charge is 0.312 e. The number of carbonyl (C=O) groups is 1. The maximum Gasteiger partial charge on any atom is 0.312 e. The van der Waals surface area contributed by atoms with E-state index in [2.05, 4.69) is 63.1 Å². The summed E-state index contributed by atoms with van der Waals surface area (Å²) < 4.78 is 33.9. The molecule has 2 fully saturated rings. The van der Waals surface area contributed by atoms with Crippen LogP contribution in [0.15, 0.2) is 102 Å². The molecule has 1 saturated heterocycles. The Morgan fingerprint density at radius 2 is 1.54 bits per heavy atom. The molecular formula is C37H40N4O6S. The molecule has 1 heterocycles. The van der Waals surface area contributed by atoms with E-state index in [-0.39, 0.29) is 16.2 Å². The molecule has 11 heteroatoms. The summed E-state index contributed by atoms with van der Waals surface area (Å²) in [5.74, 6) is -0.474. The number of rotatable bonds is 11. The SMILES string of the molecule is O=C(NS(=O)(=O)c1ccc(OCC2CCCCC2)c([N+](=O)[O-])c1)c1ccc(N2CCN(Cc3ccccc3-c3ccccc3)CC2)cc1. The Kier molecular flexibility index (Phi) is 10.4. The fraction of sp³-hybridized carbons (Fsp3) is 0.324. The molecule has 2 aliphatic rings. The van der Waals surface area contributed by atoms with Gasteiger partial charge >= 0.3 is 5.69 Å². The van der Waals surface area contributed by atoms with Gasteiger partial charge in [-0.1, -0.05) is 73.9 Å². The van der Waals surface area contributed by atoms with Crippen LogP contribution in [0, 0.1) is 16.0 Å². The van der Waals surface area contributed by atoms with E-state index in [0.717, 1.165) is 70.2 Å². The van der Waals surface area contributed by atoms with E-state index in [9.17, 15) is 23.3 Å². The lowest BCUT2D eigenvalue weighted by Crippen LogP contribution is -2.46. The summed E-state index contributed by atoms with van der Waals surface area (Å²) in [4.78, 5) is 28.4. The standard InChI is InChI=1S/C37H40N4O6S/c42-37(38-48(45,46)33-19-20-36(35(25-33)41(43)44)47-27-28-9-3-1-4-10-28)30-15-17-32(18-16-30)40-23-21-39(22-24-40)26-31-13-7-8-14-34(31)29-11-5-2-6-12-29/h2,5-8,11-20,25,28H,1,3-4,9-10,21-24,26-27H2,(H,38,42). The number of nitrogens with one attached hydrogen (secondary N) is 1. The Balaban J connectivity index is 1.04. The Morgan fingerprint density at radius 3 is 2.25 bits per heavy atom. The van der Waals surface area contributed by atoms with Crippen molar-refractivity contribution in [3.05, 3.63) is 118 Å². The number of anilines is 1. The van der Waals surface area contributed by atoms with Crippen LogP contribution in [0.1, 0.15) is 48.0 Å². The van der Waals surface area contributed by atoms with Gasteiger partial charge in [0.2, 0.25) is 0 Å². The molecule has 1 N–H and O–H groups in total. The van der Waals surface area contributed by atoms with Crippen LogP contribution in [0.25, 0.3) is 11.1 Å². The van der Waals surface area contributed by atoms with Crippen molar-refractivity contribution in [3.63, 3.8) is 0 Å². The fourth-order valence-electron chi connectivity index (χ4n) is 6.52. The van der Waals surface area contributed by atoms with E-state index in [1.54, 1.807) is 12.1 Å². The third-order valence-corrected chi connectivity index (χ3v) is 10.6. The Bertz CT molecular complexity index is 1840. The monoisotopic (exact) mass is 668 g/mol. The number of sulfonamides is 1. The first kappa shape index (κ1) is 33.2. The van der Waals surface area contributed by atoms with E-state index in [0.29, 0.717) is 12.5 Å². The van der Waals surface area contributed by atoms with Crippen LogP contribution in [-0.4, -0.2) is 56.9 Å². The lowest BCUT2D eigenvalue weighted by molar-refractivity contribution is -0.386. The van der Waals surface area contributed by atoms with E-state index in [4.69, 9.17) is 4.74 Å². The molecule has 6 rings (SSSR count). The number of piperazine rings is 1. The average Bonchev–Trinajstić information content (AvgIpc) is 3.12. The van der Waals surface area contributed by atoms with Crippen molar-refractivity contribution in [1.82, 2.24) is 9.62 Å². The van der Waals surface area contributed by atoms with Crippen molar-refractivity contribution >= 4 is 27.3 Å². The molecule has 0 bridgehead atoms. The number of carbonyl (C=O) groups excluding carboxylic acids is 1. The number of hydrogen-bond acceptors (Lipinski definition) is 8. The Hall–Kier alpha value is -4.74. The Labute approximate surface area is 281 Å². The maximum atomic E-state index is 13.1. The highest BCUT2D eigenvalue weighted by atomic mass is 32.2. The van der Waals surface area contributed by atoms with Gasteiger partial charge in [0.05, 0.1) is 16.4 Å². The van der Waals surface area contributed by atoms with Crippen molar-refractivity contribution < 1.29 is 22.9 Å². The summed E-state index contributed by atoms with van der Waals surface area (Å²) in [5.41, 5.74) is 4.39. The van der Waals surface area contributed by atoms with Gasteiger partial charge in [0.15, 0.2) is 5.75 Å². The maximum absolute atomic E-state index is 13.1. The number of nitrogens with zero attached hydrogens (tertiary/aromatic N) is 3. The summed E-state index contributed by atoms with van der Waals surface area (Å²) in [5, 5.41) is 11.8. The average molecular weight is 669 g/mol. The molecule has 0 aromatic heterocycles. The minimum atomic E-state index is -4.37. The van der Waals surface area contributed by atoms with Gasteiger partial charge in [-0.05, 0) is 71.8 Å². The highest BCUT2D eigenvalue weighted by molar-refractivity contribution is 7.90. The van der Waals surface area contributed by atoms with Crippen molar-refractivity contribution in [2.45, 2.75) is 43.5 Å². The van der Waals surface area contributed by atoms with E-state index < -0.39 is 26.5 Å². The second-order valence-electron chi connectivity index (χ2n) is 12.5. The molecule has 4 aromatic carbocycles. The number of benzene rings is 4. The number of ether oxygens (including phenoxy) is 1. The van der Waals surface area contributed by atoms with Gasteiger partial charge in [-0.15, -0.1) is 0 Å². The quantitative estimate of drug-likeness (QED) is 0.139. The fourth-order valence-corrected chi connectivity index (χ4v) is 7.51. The lowest BCUT2D eigenvalue weighted by atomic mass is 9.90. The minimum absolute atomic E-state index is 0.0178. The zero-order valence-electron chi connectivity index (χ0n) is 26.8. The van der Waals surface area contributed by atoms with Crippen molar-refractivity contribution in [2.24, 2.45) is 5.92 Å². The number of amides is 1. The first-order chi connectivity index (χ1) is 23.3. The Morgan fingerprint density at radius 1 is 0.854 bits per heavy atom. The summed E-state index contributed by atoms with van der Waals surface area (Å²) >= 11 is 0. The molecule has 250 valence electrons. The van der Waals surface area contributed by atoms with Crippen LogP contribution in [0.5, 0.6) is 5.75 Å². The topological polar surface area (TPSA) is 122 Å². The van der Waals surface area contributed by atoms with Gasteiger partial charge in [-0.2, -0.15) is 0 Å². The van der Waals surface area contributed by atoms with Gasteiger partial charge in [-0.25, -0.2) is 13.1 Å². The number of nitro benzene ring substituents is 1. The largest absolute Gasteiger partial charge is 0.487 e. The van der Waals surface area contributed by atoms with Crippen molar-refractivity contribution in [1.29, 1.82) is 0 Å². The number of hydrogen-bond donors (Lipinski definition) is 1. The molecule has 10 nitrogen and oxygen atoms in total. The lowest BCUT2D eigenvalue weighted by Gasteiger charge is -2.36. The summed E-state index contributed by atoms with van der Waals surface area (Å²) in [6, 6.07) is 29.1. The summed E-state index contributed by atoms with van der Waals surface area (Å²) in [6.07, 6.45) is 5.42. The molecule has 0 radical (unpaired) electrons. The summed E-state index contributed by atoms with van der Waals surface area (Å²) in [7, 11) is -4.37. The van der Waals surface area contributed by atoms with Crippen LogP contribution in [-0.2, 0) is 16.6 Å². The van der Waals surface area contributed by atoms with Crippen LogP contribution < -0.4 is 14.4 Å². The highest BCUT2D eigenvalue weighted by Gasteiger charge is 2.26. The third kappa shape index (κ3) is 8.03. The van der Waals surface area contributed by atoms with Crippen molar-refractivity contribution in [2.75, 3.05) is 37.7 Å². The van der Waals surface area contributed by atoms with E-state index in [1.165, 1.54) is 35.2 Å². The second-order valence-corrected chi connectivity index (χ2v) is 14.2. The molecule has 1 amide bonds. The molecule has 0 unspecified atom stereocenters. The zero-order chi connectivity index (χ0) is 33.5. The molecule has 48 heavy (non-hydrogen) atoms. The first-order valence-corrected chi connectivity index (χ1v) is 17.9. The van der Waals surface area contributed by atoms with Gasteiger partial charge in [-0.3, -0.25) is 19.8 Å². The van der Waals surface area contributed by atoms with Gasteiger partial charge in [0, 0.05) is 50.0 Å². The van der Waals surface area contributed by atoms with Crippen LogP contribution in [0.4, 0.5) is 11.4 Å². The minimum Gasteiger partial charge on any atom is -0.487 e. The molecule has 1 saturated carbocycles. The molecule has 1 aliphatic heterocycles. The van der Waals surface area contributed by atoms with Crippen LogP contribution in [0.2, 0.25) is 0 Å². The zero-order valence-corrected chi connectivity index (χ0v) is 27.6. The van der Waals surface area contributed by atoms with E-state index >= 15 is 0 Å². The molecule has 4 aromatic rings. The van der Waals surface area contributed by atoms with E-state index in [1.807, 2.05) is 18.2 Å². The van der Waals surface area contributed by atoms with Crippen LogP contribution >= 0.6 is 0 Å². The predicted octanol–water partition coefficient (Wildman–Crippen LogP) is 6.66. The van der Waals surface area contributed by atoms with Crippen molar-refractivity contribution in [3.8, 4) is 16.9 Å². The summed E-state index contributed by atoms with van der Waals surface area (Å²) in [6.45, 7) is 4.57. The molecule has 0 atom stereocenters. The highest BCUT2D eigenvalue weighted by Crippen LogP contribution is 2.32. The third-order valence-electron chi connectivity index (χ3n) is 9.23. The van der Waals surface area contributed by atoms with Gasteiger partial charge < -0.3 is 9.64 Å². The second kappa shape index (κ2) is 15.0. The number of nitro groups is 1. The van der Waals surface area contributed by atoms with Gasteiger partial charge in [0.25, 0.3) is 15.9 Å². The molecule has 1 aliphatic carbocycles. The molecular weight excluding hydrogens is 628 g/mol. The first-order valence-electron chi connectivity index (χ1n) is 16.5. The van der Waals surface area contributed by atoms with Crippen LogP contribution in [0.3, 0.4) is 0 Å². The normalized spacial score (nSPS) is 16.0. The van der Waals surface area contributed by atoms with Gasteiger partial charge in [0.1, 0.15) is 0 Å².